The number of aliphatic hydroxyl groups excluding tert-OH is 1. The first-order valence-corrected chi connectivity index (χ1v) is 7.19. The summed E-state index contributed by atoms with van der Waals surface area (Å²) in [5, 5.41) is 17.5. The molecule has 0 fully saturated rings. The molecule has 0 bridgehead atoms. The van der Waals surface area contributed by atoms with Crippen molar-refractivity contribution in [3.63, 3.8) is 0 Å². The number of esters is 2. The van der Waals surface area contributed by atoms with Crippen molar-refractivity contribution in [2.75, 3.05) is 19.8 Å². The summed E-state index contributed by atoms with van der Waals surface area (Å²) in [6.45, 7) is 3.92. The Morgan fingerprint density at radius 1 is 0.960 bits per heavy atom. The van der Waals surface area contributed by atoms with Crippen molar-refractivity contribution in [2.24, 2.45) is 5.92 Å². The van der Waals surface area contributed by atoms with E-state index in [-0.39, 0.29) is 19.8 Å². The monoisotopic (exact) mass is 365 g/mol. The molecule has 0 heterocycles. The maximum atomic E-state index is 11.6. The summed E-state index contributed by atoms with van der Waals surface area (Å²) in [5.41, 5.74) is 0. The van der Waals surface area contributed by atoms with Crippen LogP contribution in [0.1, 0.15) is 20.8 Å². The Morgan fingerprint density at radius 2 is 1.48 bits per heavy atom. The van der Waals surface area contributed by atoms with Crippen molar-refractivity contribution in [1.29, 1.82) is 0 Å². The molecule has 1 unspecified atom stereocenters. The van der Waals surface area contributed by atoms with Crippen LogP contribution in [0.3, 0.4) is 0 Å². The molecule has 0 rings (SSSR count). The molecule has 0 aliphatic heterocycles. The van der Waals surface area contributed by atoms with Crippen molar-refractivity contribution in [2.45, 2.75) is 33.0 Å². The standard InChI is InChI=1S/C14H21O11/c1-4-21-14(20)24-7-10(5-22-11(16)8(2)15)6-23-12(17)9(3)25-13(18)19/h4,8-10,15H,5-7H2,1-3H3,(H,18,19)/t8-,9-,10?/m1/s1. The van der Waals surface area contributed by atoms with E-state index in [2.05, 4.69) is 9.47 Å². The molecule has 0 saturated heterocycles. The third-order valence-electron chi connectivity index (χ3n) is 2.52. The minimum Gasteiger partial charge on any atom is -0.463 e. The maximum Gasteiger partial charge on any atom is 0.508 e. The van der Waals surface area contributed by atoms with E-state index >= 15 is 0 Å². The SMILES string of the molecule is C[CH]OC(=O)OCC(COC(=O)[C@@H](C)O)COC(=O)[C@@H](C)OC(=O)O. The van der Waals surface area contributed by atoms with Crippen LogP contribution < -0.4 is 0 Å². The molecule has 0 aliphatic carbocycles. The highest BCUT2D eigenvalue weighted by Gasteiger charge is 2.23. The average Bonchev–Trinajstić information content (AvgIpc) is 2.52. The molecule has 3 atom stereocenters. The van der Waals surface area contributed by atoms with Gasteiger partial charge in [0.1, 0.15) is 32.5 Å². The van der Waals surface area contributed by atoms with Crippen LogP contribution in [0, 0.1) is 12.5 Å². The Hall–Kier alpha value is -2.56. The highest BCUT2D eigenvalue weighted by atomic mass is 16.7. The van der Waals surface area contributed by atoms with Gasteiger partial charge in [0, 0.05) is 0 Å². The minimum absolute atomic E-state index is 0.318. The lowest BCUT2D eigenvalue weighted by molar-refractivity contribution is -0.159. The second kappa shape index (κ2) is 11.9. The fourth-order valence-electron chi connectivity index (χ4n) is 1.30. The van der Waals surface area contributed by atoms with Crippen LogP contribution in [0.5, 0.6) is 0 Å². The summed E-state index contributed by atoms with van der Waals surface area (Å²) >= 11 is 0. The van der Waals surface area contributed by atoms with Gasteiger partial charge in [-0.3, -0.25) is 0 Å². The van der Waals surface area contributed by atoms with Gasteiger partial charge in [-0.25, -0.2) is 19.2 Å². The Bertz CT molecular complexity index is 460. The topological polar surface area (TPSA) is 155 Å². The van der Waals surface area contributed by atoms with Gasteiger partial charge in [0.15, 0.2) is 6.10 Å². The first-order chi connectivity index (χ1) is 11.7. The zero-order valence-electron chi connectivity index (χ0n) is 14.0. The molecular formula is C14H21O11. The summed E-state index contributed by atoms with van der Waals surface area (Å²) in [7, 11) is 0. The van der Waals surface area contributed by atoms with E-state index < -0.39 is 42.4 Å². The Kier molecular flexibility index (Phi) is 10.7. The Morgan fingerprint density at radius 3 is 1.96 bits per heavy atom. The molecule has 0 aromatic carbocycles. The average molecular weight is 365 g/mol. The molecule has 25 heavy (non-hydrogen) atoms. The van der Waals surface area contributed by atoms with Crippen LogP contribution in [0.4, 0.5) is 9.59 Å². The smallest absolute Gasteiger partial charge is 0.463 e. The quantitative estimate of drug-likeness (QED) is 0.410. The summed E-state index contributed by atoms with van der Waals surface area (Å²) in [5.74, 6) is -2.66. The maximum absolute atomic E-state index is 11.6. The van der Waals surface area contributed by atoms with Crippen molar-refractivity contribution in [1.82, 2.24) is 0 Å². The van der Waals surface area contributed by atoms with Gasteiger partial charge in [0.25, 0.3) is 0 Å². The van der Waals surface area contributed by atoms with Crippen LogP contribution >= 0.6 is 0 Å². The lowest BCUT2D eigenvalue weighted by atomic mass is 10.2. The summed E-state index contributed by atoms with van der Waals surface area (Å²) in [4.78, 5) is 44.3. The minimum atomic E-state index is -1.64. The number of hydrogen-bond acceptors (Lipinski definition) is 10. The van der Waals surface area contributed by atoms with Gasteiger partial charge in [0.05, 0.1) is 5.92 Å². The van der Waals surface area contributed by atoms with Gasteiger partial charge in [0.2, 0.25) is 0 Å². The first kappa shape index (κ1) is 22.4. The first-order valence-electron chi connectivity index (χ1n) is 7.19. The molecule has 0 amide bonds. The van der Waals surface area contributed by atoms with E-state index in [0.717, 1.165) is 6.61 Å². The van der Waals surface area contributed by atoms with Gasteiger partial charge in [-0.1, -0.05) is 0 Å². The van der Waals surface area contributed by atoms with E-state index in [9.17, 15) is 19.2 Å². The Labute approximate surface area is 143 Å². The van der Waals surface area contributed by atoms with E-state index in [4.69, 9.17) is 24.4 Å². The summed E-state index contributed by atoms with van der Waals surface area (Å²) in [6.07, 6.45) is -5.37. The highest BCUT2D eigenvalue weighted by Crippen LogP contribution is 2.05. The van der Waals surface area contributed by atoms with E-state index in [1.165, 1.54) is 20.8 Å². The fourth-order valence-corrected chi connectivity index (χ4v) is 1.30. The molecule has 2 N–H and O–H groups in total. The van der Waals surface area contributed by atoms with Crippen molar-refractivity contribution >= 4 is 24.2 Å². The second-order valence-corrected chi connectivity index (χ2v) is 4.74. The van der Waals surface area contributed by atoms with Crippen molar-refractivity contribution in [3.05, 3.63) is 6.61 Å². The number of carbonyl (C=O) groups is 4. The van der Waals surface area contributed by atoms with Gasteiger partial charge in [-0.15, -0.1) is 0 Å². The van der Waals surface area contributed by atoms with E-state index in [1.807, 2.05) is 0 Å². The Balaban J connectivity index is 4.54. The fraction of sp³-hybridized carbons (Fsp3) is 0.643. The van der Waals surface area contributed by atoms with Gasteiger partial charge in [-0.2, -0.15) is 0 Å². The normalized spacial score (nSPS) is 13.8. The summed E-state index contributed by atoms with van der Waals surface area (Å²) < 4.78 is 23.0. The zero-order chi connectivity index (χ0) is 19.4. The van der Waals surface area contributed by atoms with Gasteiger partial charge >= 0.3 is 24.2 Å². The molecule has 1 radical (unpaired) electrons. The zero-order valence-corrected chi connectivity index (χ0v) is 14.0. The number of aliphatic hydroxyl groups is 1. The molecular weight excluding hydrogens is 344 g/mol. The largest absolute Gasteiger partial charge is 0.508 e. The van der Waals surface area contributed by atoms with Crippen LogP contribution in [-0.2, 0) is 33.3 Å². The van der Waals surface area contributed by atoms with Crippen LogP contribution in [0.25, 0.3) is 0 Å². The third kappa shape index (κ3) is 10.8. The van der Waals surface area contributed by atoms with Crippen molar-refractivity contribution < 1.29 is 53.1 Å². The predicted octanol–water partition coefficient (Wildman–Crippen LogP) is 0.488. The molecule has 11 nitrogen and oxygen atoms in total. The second-order valence-electron chi connectivity index (χ2n) is 4.74. The molecule has 143 valence electrons. The van der Waals surface area contributed by atoms with Crippen LogP contribution in [0.15, 0.2) is 0 Å². The third-order valence-corrected chi connectivity index (χ3v) is 2.52. The molecule has 0 aliphatic rings. The molecule has 0 spiro atoms. The molecule has 0 aromatic heterocycles. The van der Waals surface area contributed by atoms with E-state index in [1.54, 1.807) is 0 Å². The van der Waals surface area contributed by atoms with Gasteiger partial charge in [-0.05, 0) is 20.8 Å². The lowest BCUT2D eigenvalue weighted by Crippen LogP contribution is -2.31. The number of carbonyl (C=O) groups excluding carboxylic acids is 3. The number of rotatable bonds is 10. The molecule has 11 heteroatoms. The molecule has 0 saturated carbocycles. The lowest BCUT2D eigenvalue weighted by Gasteiger charge is -2.18. The van der Waals surface area contributed by atoms with E-state index in [0.29, 0.717) is 0 Å². The predicted molar refractivity (Wildman–Crippen MR) is 78.1 cm³/mol. The van der Waals surface area contributed by atoms with Crippen molar-refractivity contribution in [3.8, 4) is 0 Å². The molecule has 0 aromatic rings. The summed E-state index contributed by atoms with van der Waals surface area (Å²) in [6, 6.07) is 0. The van der Waals surface area contributed by atoms with Gasteiger partial charge < -0.3 is 33.9 Å². The number of hydrogen-bond donors (Lipinski definition) is 2. The number of ether oxygens (including phenoxy) is 5. The highest BCUT2D eigenvalue weighted by molar-refractivity contribution is 5.76. The van der Waals surface area contributed by atoms with Crippen LogP contribution in [0.2, 0.25) is 0 Å². The van der Waals surface area contributed by atoms with Crippen LogP contribution in [-0.4, -0.2) is 66.5 Å². The number of carboxylic acid groups (broad SMARTS) is 1.